The van der Waals surface area contributed by atoms with Gasteiger partial charge in [0.15, 0.2) is 11.6 Å². The number of nitrogens with zero attached hydrogens (tertiary/aromatic N) is 7. The van der Waals surface area contributed by atoms with Crippen LogP contribution in [0, 0.1) is 25.2 Å². The third kappa shape index (κ3) is 4.81. The SMILES string of the molecule is CCOC(=O)Cc1c(C)nn(-c2cc(Cc3c(OC)c(-c4ccc(C#N)cc4)nn3C)ncn2)c1C. The van der Waals surface area contributed by atoms with E-state index in [1.165, 1.54) is 6.33 Å². The molecule has 0 saturated heterocycles. The first-order valence-corrected chi connectivity index (χ1v) is 11.5. The van der Waals surface area contributed by atoms with Gasteiger partial charge in [-0.25, -0.2) is 14.6 Å². The highest BCUT2D eigenvalue weighted by molar-refractivity contribution is 5.73. The lowest BCUT2D eigenvalue weighted by molar-refractivity contribution is -0.142. The maximum absolute atomic E-state index is 12.0. The number of hydrogen-bond donors (Lipinski definition) is 0. The van der Waals surface area contributed by atoms with Crippen LogP contribution in [-0.2, 0) is 29.4 Å². The number of ether oxygens (including phenoxy) is 2. The molecule has 36 heavy (non-hydrogen) atoms. The van der Waals surface area contributed by atoms with Gasteiger partial charge in [-0.05, 0) is 32.9 Å². The number of carbonyl (C=O) groups is 1. The van der Waals surface area contributed by atoms with Gasteiger partial charge in [0.25, 0.3) is 0 Å². The second kappa shape index (κ2) is 10.4. The Morgan fingerprint density at radius 3 is 2.56 bits per heavy atom. The molecule has 184 valence electrons. The zero-order valence-corrected chi connectivity index (χ0v) is 20.9. The van der Waals surface area contributed by atoms with Crippen molar-refractivity contribution in [3.05, 3.63) is 70.6 Å². The lowest BCUT2D eigenvalue weighted by Gasteiger charge is -2.08. The number of methoxy groups -OCH3 is 1. The van der Waals surface area contributed by atoms with Gasteiger partial charge in [-0.3, -0.25) is 9.48 Å². The molecule has 0 saturated carbocycles. The Balaban J connectivity index is 1.65. The number of hydrogen-bond acceptors (Lipinski definition) is 8. The highest BCUT2D eigenvalue weighted by atomic mass is 16.5. The predicted octanol–water partition coefficient (Wildman–Crippen LogP) is 3.26. The molecule has 10 heteroatoms. The summed E-state index contributed by atoms with van der Waals surface area (Å²) in [6.07, 6.45) is 2.11. The summed E-state index contributed by atoms with van der Waals surface area (Å²) < 4.78 is 14.3. The van der Waals surface area contributed by atoms with Crippen molar-refractivity contribution in [3.8, 4) is 28.9 Å². The van der Waals surface area contributed by atoms with E-state index in [-0.39, 0.29) is 12.4 Å². The van der Waals surface area contributed by atoms with Gasteiger partial charge in [0.2, 0.25) is 0 Å². The smallest absolute Gasteiger partial charge is 0.310 e. The molecule has 3 aromatic heterocycles. The quantitative estimate of drug-likeness (QED) is 0.349. The van der Waals surface area contributed by atoms with Crippen LogP contribution < -0.4 is 4.74 Å². The van der Waals surface area contributed by atoms with Gasteiger partial charge < -0.3 is 9.47 Å². The van der Waals surface area contributed by atoms with Crippen molar-refractivity contribution in [1.29, 1.82) is 5.26 Å². The lowest BCUT2D eigenvalue weighted by Crippen LogP contribution is -2.09. The van der Waals surface area contributed by atoms with Crippen molar-refractivity contribution < 1.29 is 14.3 Å². The fourth-order valence-electron chi connectivity index (χ4n) is 4.12. The fourth-order valence-corrected chi connectivity index (χ4v) is 4.12. The monoisotopic (exact) mass is 485 g/mol. The largest absolute Gasteiger partial charge is 0.492 e. The molecular formula is C26H27N7O3. The molecule has 4 aromatic rings. The van der Waals surface area contributed by atoms with Crippen molar-refractivity contribution in [2.75, 3.05) is 13.7 Å². The van der Waals surface area contributed by atoms with E-state index in [1.54, 1.807) is 35.5 Å². The van der Waals surface area contributed by atoms with E-state index in [0.29, 0.717) is 35.9 Å². The number of aromatic nitrogens is 6. The van der Waals surface area contributed by atoms with Crippen LogP contribution in [0.2, 0.25) is 0 Å². The zero-order chi connectivity index (χ0) is 25.8. The molecular weight excluding hydrogens is 458 g/mol. The van der Waals surface area contributed by atoms with Gasteiger partial charge in [-0.1, -0.05) is 12.1 Å². The molecule has 0 N–H and O–H groups in total. The Kier molecular flexibility index (Phi) is 7.10. The normalized spacial score (nSPS) is 10.8. The molecule has 0 aliphatic rings. The molecule has 0 aliphatic carbocycles. The van der Waals surface area contributed by atoms with E-state index in [2.05, 4.69) is 26.2 Å². The summed E-state index contributed by atoms with van der Waals surface area (Å²) in [5.74, 6) is 0.961. The second-order valence-electron chi connectivity index (χ2n) is 8.23. The summed E-state index contributed by atoms with van der Waals surface area (Å²) in [6.45, 7) is 5.90. The standard InChI is InChI=1S/C26H27N7O3/c1-6-36-24(34)13-21-16(2)30-33(17(21)3)23-12-20(28-15-29-23)11-22-26(35-5)25(31-32(22)4)19-9-7-18(14-27)8-10-19/h7-10,12,15H,6,11,13H2,1-5H3. The van der Waals surface area contributed by atoms with Crippen molar-refractivity contribution in [3.63, 3.8) is 0 Å². The molecule has 1 aromatic carbocycles. The summed E-state index contributed by atoms with van der Waals surface area (Å²) >= 11 is 0. The first kappa shape index (κ1) is 24.6. The number of nitriles is 1. The first-order chi connectivity index (χ1) is 17.4. The third-order valence-corrected chi connectivity index (χ3v) is 5.95. The predicted molar refractivity (Wildman–Crippen MR) is 132 cm³/mol. The van der Waals surface area contributed by atoms with E-state index < -0.39 is 0 Å². The molecule has 3 heterocycles. The van der Waals surface area contributed by atoms with Gasteiger partial charge in [0.1, 0.15) is 12.0 Å². The third-order valence-electron chi connectivity index (χ3n) is 5.95. The Labute approximate surface area is 209 Å². The fraction of sp³-hybridized carbons (Fsp3) is 0.308. The Bertz CT molecular complexity index is 1450. The highest BCUT2D eigenvalue weighted by Gasteiger charge is 2.21. The van der Waals surface area contributed by atoms with Crippen LogP contribution in [0.3, 0.4) is 0 Å². The van der Waals surface area contributed by atoms with Crippen molar-refractivity contribution in [2.24, 2.45) is 7.05 Å². The average molecular weight is 486 g/mol. The number of carbonyl (C=O) groups excluding carboxylic acids is 1. The van der Waals surface area contributed by atoms with E-state index in [1.807, 2.05) is 39.1 Å². The topological polar surface area (TPSA) is 121 Å². The minimum atomic E-state index is -0.284. The van der Waals surface area contributed by atoms with Crippen molar-refractivity contribution in [1.82, 2.24) is 29.5 Å². The summed E-state index contributed by atoms with van der Waals surface area (Å²) in [4.78, 5) is 20.9. The van der Waals surface area contributed by atoms with Crippen molar-refractivity contribution in [2.45, 2.75) is 33.6 Å². The second-order valence-corrected chi connectivity index (χ2v) is 8.23. The molecule has 0 radical (unpaired) electrons. The molecule has 0 aliphatic heterocycles. The molecule has 0 spiro atoms. The number of rotatable bonds is 8. The van der Waals surface area contributed by atoms with Crippen LogP contribution in [0.1, 0.15) is 40.8 Å². The van der Waals surface area contributed by atoms with Gasteiger partial charge >= 0.3 is 5.97 Å². The van der Waals surface area contributed by atoms with Crippen LogP contribution in [0.15, 0.2) is 36.7 Å². The lowest BCUT2D eigenvalue weighted by atomic mass is 10.1. The van der Waals surface area contributed by atoms with Crippen LogP contribution in [0.25, 0.3) is 17.1 Å². The van der Waals surface area contributed by atoms with Crippen molar-refractivity contribution >= 4 is 5.97 Å². The summed E-state index contributed by atoms with van der Waals surface area (Å²) in [5, 5.41) is 18.3. The van der Waals surface area contributed by atoms with Crippen LogP contribution >= 0.6 is 0 Å². The molecule has 10 nitrogen and oxygen atoms in total. The molecule has 0 atom stereocenters. The summed E-state index contributed by atoms with van der Waals surface area (Å²) in [6, 6.07) is 11.2. The van der Waals surface area contributed by atoms with Crippen LogP contribution in [0.5, 0.6) is 5.75 Å². The number of esters is 1. The molecule has 4 rings (SSSR count). The highest BCUT2D eigenvalue weighted by Crippen LogP contribution is 2.33. The Morgan fingerprint density at radius 1 is 1.14 bits per heavy atom. The minimum Gasteiger partial charge on any atom is -0.492 e. The van der Waals surface area contributed by atoms with E-state index >= 15 is 0 Å². The van der Waals surface area contributed by atoms with Gasteiger partial charge in [-0.15, -0.1) is 0 Å². The van der Waals surface area contributed by atoms with E-state index in [0.717, 1.165) is 33.9 Å². The van der Waals surface area contributed by atoms with Gasteiger partial charge in [0, 0.05) is 36.4 Å². The number of aryl methyl sites for hydroxylation is 2. The van der Waals surface area contributed by atoms with E-state index in [4.69, 9.17) is 14.7 Å². The summed E-state index contributed by atoms with van der Waals surface area (Å²) in [5.41, 5.74) is 6.13. The summed E-state index contributed by atoms with van der Waals surface area (Å²) in [7, 11) is 3.47. The van der Waals surface area contributed by atoms with Crippen LogP contribution in [0.4, 0.5) is 0 Å². The van der Waals surface area contributed by atoms with Gasteiger partial charge in [-0.2, -0.15) is 15.5 Å². The Hall–Kier alpha value is -4.52. The maximum atomic E-state index is 12.0. The zero-order valence-electron chi connectivity index (χ0n) is 20.9. The molecule has 0 amide bonds. The number of benzene rings is 1. The molecule has 0 fully saturated rings. The minimum absolute atomic E-state index is 0.161. The average Bonchev–Trinajstić information content (AvgIpc) is 3.34. The molecule has 0 bridgehead atoms. The first-order valence-electron chi connectivity index (χ1n) is 11.5. The van der Waals surface area contributed by atoms with Gasteiger partial charge in [0.05, 0.1) is 48.9 Å². The van der Waals surface area contributed by atoms with E-state index in [9.17, 15) is 4.79 Å². The molecule has 0 unspecified atom stereocenters. The van der Waals surface area contributed by atoms with Crippen LogP contribution in [-0.4, -0.2) is 49.2 Å². The maximum Gasteiger partial charge on any atom is 0.310 e. The Morgan fingerprint density at radius 2 is 1.89 bits per heavy atom.